The SMILES string of the molecule is CCCCCCCCCCCCN(CC)CCN(C)C. The fourth-order valence-corrected chi connectivity index (χ4v) is 2.59. The Kier molecular flexibility index (Phi) is 15.3. The van der Waals surface area contributed by atoms with Gasteiger partial charge in [0.25, 0.3) is 0 Å². The van der Waals surface area contributed by atoms with Gasteiger partial charge in [0.05, 0.1) is 0 Å². The number of rotatable bonds is 15. The molecule has 0 atom stereocenters. The third-order valence-corrected chi connectivity index (χ3v) is 4.14. The molecule has 2 heteroatoms. The summed E-state index contributed by atoms with van der Waals surface area (Å²) < 4.78 is 0. The van der Waals surface area contributed by atoms with E-state index in [1.54, 1.807) is 0 Å². The fraction of sp³-hybridized carbons (Fsp3) is 1.00. The van der Waals surface area contributed by atoms with E-state index in [0.717, 1.165) is 0 Å². The molecule has 0 bridgehead atoms. The molecule has 2 nitrogen and oxygen atoms in total. The molecule has 0 unspecified atom stereocenters. The summed E-state index contributed by atoms with van der Waals surface area (Å²) in [6.07, 6.45) is 14.3. The highest BCUT2D eigenvalue weighted by atomic mass is 15.2. The van der Waals surface area contributed by atoms with E-state index < -0.39 is 0 Å². The van der Waals surface area contributed by atoms with Gasteiger partial charge in [0.1, 0.15) is 0 Å². The monoisotopic (exact) mass is 284 g/mol. The average Bonchev–Trinajstić information content (AvgIpc) is 2.44. The molecule has 20 heavy (non-hydrogen) atoms. The summed E-state index contributed by atoms with van der Waals surface area (Å²) in [6.45, 7) is 9.47. The zero-order valence-corrected chi connectivity index (χ0v) is 14.8. The third kappa shape index (κ3) is 14.3. The highest BCUT2D eigenvalue weighted by molar-refractivity contribution is 4.58. The summed E-state index contributed by atoms with van der Waals surface area (Å²) in [4.78, 5) is 4.87. The molecule has 0 aromatic carbocycles. The van der Waals surface area contributed by atoms with Gasteiger partial charge >= 0.3 is 0 Å². The second kappa shape index (κ2) is 15.3. The third-order valence-electron chi connectivity index (χ3n) is 4.14. The van der Waals surface area contributed by atoms with E-state index in [9.17, 15) is 0 Å². The van der Waals surface area contributed by atoms with Gasteiger partial charge in [-0.25, -0.2) is 0 Å². The van der Waals surface area contributed by atoms with Gasteiger partial charge in [0, 0.05) is 13.1 Å². The Morgan fingerprint density at radius 2 is 1.05 bits per heavy atom. The maximum atomic E-state index is 2.59. The minimum atomic E-state index is 1.19. The average molecular weight is 285 g/mol. The topological polar surface area (TPSA) is 6.48 Å². The molecule has 0 aliphatic carbocycles. The number of hydrogen-bond acceptors (Lipinski definition) is 2. The Balaban J connectivity index is 3.24. The van der Waals surface area contributed by atoms with Crippen molar-refractivity contribution in [3.8, 4) is 0 Å². The van der Waals surface area contributed by atoms with E-state index >= 15 is 0 Å². The molecule has 0 saturated heterocycles. The van der Waals surface area contributed by atoms with Gasteiger partial charge in [-0.15, -0.1) is 0 Å². The molecule has 0 aromatic heterocycles. The van der Waals surface area contributed by atoms with Crippen molar-refractivity contribution >= 4 is 0 Å². The number of unbranched alkanes of at least 4 members (excludes halogenated alkanes) is 9. The predicted molar refractivity (Wildman–Crippen MR) is 92.5 cm³/mol. The van der Waals surface area contributed by atoms with E-state index in [0.29, 0.717) is 0 Å². The van der Waals surface area contributed by atoms with Crippen molar-refractivity contribution in [2.24, 2.45) is 0 Å². The largest absolute Gasteiger partial charge is 0.308 e. The zero-order valence-electron chi connectivity index (χ0n) is 14.8. The lowest BCUT2D eigenvalue weighted by Crippen LogP contribution is -2.32. The van der Waals surface area contributed by atoms with Crippen molar-refractivity contribution < 1.29 is 0 Å². The van der Waals surface area contributed by atoms with Crippen LogP contribution in [0.15, 0.2) is 0 Å². The number of nitrogens with zero attached hydrogens (tertiary/aromatic N) is 2. The summed E-state index contributed by atoms with van der Waals surface area (Å²) in [5, 5.41) is 0. The standard InChI is InChI=1S/C18H40N2/c1-5-7-8-9-10-11-12-13-14-15-16-20(6-2)18-17-19(3)4/h5-18H2,1-4H3. The van der Waals surface area contributed by atoms with E-state index in [1.807, 2.05) is 0 Å². The predicted octanol–water partition coefficient (Wildman–Crippen LogP) is 4.79. The summed E-state index contributed by atoms with van der Waals surface area (Å²) >= 11 is 0. The molecule has 0 radical (unpaired) electrons. The number of likely N-dealkylation sites (N-methyl/N-ethyl adjacent to an activating group) is 2. The Hall–Kier alpha value is -0.0800. The minimum absolute atomic E-state index is 1.19. The highest BCUT2D eigenvalue weighted by Gasteiger charge is 2.02. The molecule has 0 aliphatic heterocycles. The van der Waals surface area contributed by atoms with Crippen LogP contribution in [0.5, 0.6) is 0 Å². The van der Waals surface area contributed by atoms with E-state index in [1.165, 1.54) is 90.4 Å². The van der Waals surface area contributed by atoms with Gasteiger partial charge < -0.3 is 9.80 Å². The van der Waals surface area contributed by atoms with Gasteiger partial charge in [-0.2, -0.15) is 0 Å². The molecule has 0 aromatic rings. The number of hydrogen-bond donors (Lipinski definition) is 0. The lowest BCUT2D eigenvalue weighted by Gasteiger charge is -2.22. The Bertz CT molecular complexity index is 180. The molecule has 0 amide bonds. The van der Waals surface area contributed by atoms with Gasteiger partial charge in [-0.3, -0.25) is 0 Å². The second-order valence-electron chi connectivity index (χ2n) is 6.42. The Labute approximate surface area is 128 Å². The summed E-state index contributed by atoms with van der Waals surface area (Å²) in [6, 6.07) is 0. The second-order valence-corrected chi connectivity index (χ2v) is 6.42. The lowest BCUT2D eigenvalue weighted by molar-refractivity contribution is 0.246. The first-order valence-electron chi connectivity index (χ1n) is 9.07. The van der Waals surface area contributed by atoms with Crippen LogP contribution in [0.2, 0.25) is 0 Å². The molecule has 0 aliphatic rings. The first-order chi connectivity index (χ1) is 9.70. The smallest absolute Gasteiger partial charge is 0.0109 e. The van der Waals surface area contributed by atoms with Crippen molar-refractivity contribution in [1.82, 2.24) is 9.80 Å². The molecular weight excluding hydrogens is 244 g/mol. The van der Waals surface area contributed by atoms with Crippen LogP contribution in [0, 0.1) is 0 Å². The van der Waals surface area contributed by atoms with Gasteiger partial charge in [0.2, 0.25) is 0 Å². The molecule has 0 spiro atoms. The molecule has 0 saturated carbocycles. The van der Waals surface area contributed by atoms with Crippen LogP contribution in [-0.2, 0) is 0 Å². The van der Waals surface area contributed by atoms with Crippen molar-refractivity contribution in [3.63, 3.8) is 0 Å². The van der Waals surface area contributed by atoms with Crippen LogP contribution < -0.4 is 0 Å². The molecule has 122 valence electrons. The van der Waals surface area contributed by atoms with Gasteiger partial charge in [-0.1, -0.05) is 71.6 Å². The quantitative estimate of drug-likeness (QED) is 0.399. The van der Waals surface area contributed by atoms with Crippen LogP contribution >= 0.6 is 0 Å². The zero-order chi connectivity index (χ0) is 15.1. The van der Waals surface area contributed by atoms with Crippen molar-refractivity contribution in [3.05, 3.63) is 0 Å². The maximum Gasteiger partial charge on any atom is 0.0109 e. The van der Waals surface area contributed by atoms with Crippen LogP contribution in [0.25, 0.3) is 0 Å². The molecule has 0 heterocycles. The maximum absolute atomic E-state index is 2.59. The van der Waals surface area contributed by atoms with Gasteiger partial charge in [0.15, 0.2) is 0 Å². The fourth-order valence-electron chi connectivity index (χ4n) is 2.59. The highest BCUT2D eigenvalue weighted by Crippen LogP contribution is 2.10. The van der Waals surface area contributed by atoms with E-state index in [2.05, 4.69) is 37.7 Å². The minimum Gasteiger partial charge on any atom is -0.308 e. The normalized spacial score (nSPS) is 11.7. The summed E-state index contributed by atoms with van der Waals surface area (Å²) in [5.41, 5.74) is 0. The van der Waals surface area contributed by atoms with Crippen LogP contribution in [-0.4, -0.2) is 50.1 Å². The van der Waals surface area contributed by atoms with Gasteiger partial charge in [-0.05, 0) is 33.6 Å². The Morgan fingerprint density at radius 1 is 0.550 bits per heavy atom. The molecule has 0 rings (SSSR count). The lowest BCUT2D eigenvalue weighted by atomic mass is 10.1. The first kappa shape index (κ1) is 19.9. The molecule has 0 fully saturated rings. The van der Waals surface area contributed by atoms with Crippen LogP contribution in [0.3, 0.4) is 0 Å². The van der Waals surface area contributed by atoms with Crippen molar-refractivity contribution in [2.45, 2.75) is 78.1 Å². The molecule has 0 N–H and O–H groups in total. The van der Waals surface area contributed by atoms with Crippen LogP contribution in [0.4, 0.5) is 0 Å². The van der Waals surface area contributed by atoms with Crippen LogP contribution in [0.1, 0.15) is 78.1 Å². The first-order valence-corrected chi connectivity index (χ1v) is 9.07. The Morgan fingerprint density at radius 3 is 1.50 bits per heavy atom. The van der Waals surface area contributed by atoms with E-state index in [4.69, 9.17) is 0 Å². The van der Waals surface area contributed by atoms with Crippen molar-refractivity contribution in [2.75, 3.05) is 40.3 Å². The molecular formula is C18H40N2. The van der Waals surface area contributed by atoms with Crippen molar-refractivity contribution in [1.29, 1.82) is 0 Å². The summed E-state index contributed by atoms with van der Waals surface area (Å²) in [7, 11) is 4.32. The summed E-state index contributed by atoms with van der Waals surface area (Å²) in [5.74, 6) is 0. The van der Waals surface area contributed by atoms with E-state index in [-0.39, 0.29) is 0 Å².